The molecule has 0 N–H and O–H groups in total. The fourth-order valence-corrected chi connectivity index (χ4v) is 2.50. The van der Waals surface area contributed by atoms with Crippen molar-refractivity contribution in [3.63, 3.8) is 0 Å². The Morgan fingerprint density at radius 2 is 2.33 bits per heavy atom. The maximum Gasteiger partial charge on any atom is 0.0606 e. The number of piperidine rings is 1. The molecule has 1 atom stereocenters. The van der Waals surface area contributed by atoms with Gasteiger partial charge in [-0.25, -0.2) is 0 Å². The molecule has 1 saturated heterocycles. The minimum Gasteiger partial charge on any atom is -0.285 e. The number of likely N-dealkylation sites (tertiary alicyclic amines) is 1. The van der Waals surface area contributed by atoms with Crippen molar-refractivity contribution in [1.29, 1.82) is 0 Å². The van der Waals surface area contributed by atoms with Gasteiger partial charge in [-0.2, -0.15) is 0 Å². The van der Waals surface area contributed by atoms with E-state index in [4.69, 9.17) is 0 Å². The largest absolute Gasteiger partial charge is 0.285 e. The summed E-state index contributed by atoms with van der Waals surface area (Å²) in [4.78, 5) is 6.74. The Morgan fingerprint density at radius 3 is 3.11 bits per heavy atom. The SMILES string of the molecule is CCCC#CCN1CCCC[C@H]1c1cccnc1. The number of aromatic nitrogens is 1. The Bertz CT molecular complexity index is 402. The summed E-state index contributed by atoms with van der Waals surface area (Å²) in [5.74, 6) is 6.56. The van der Waals surface area contributed by atoms with E-state index in [0.29, 0.717) is 6.04 Å². The van der Waals surface area contributed by atoms with E-state index < -0.39 is 0 Å². The van der Waals surface area contributed by atoms with Crippen LogP contribution in [0.15, 0.2) is 24.5 Å². The molecule has 0 radical (unpaired) electrons. The van der Waals surface area contributed by atoms with Crippen LogP contribution in [-0.2, 0) is 0 Å². The summed E-state index contributed by atoms with van der Waals surface area (Å²) >= 11 is 0. The number of pyridine rings is 1. The van der Waals surface area contributed by atoms with Gasteiger partial charge in [0.25, 0.3) is 0 Å². The highest BCUT2D eigenvalue weighted by Crippen LogP contribution is 2.29. The zero-order valence-electron chi connectivity index (χ0n) is 11.2. The number of hydrogen-bond acceptors (Lipinski definition) is 2. The van der Waals surface area contributed by atoms with E-state index in [-0.39, 0.29) is 0 Å². The van der Waals surface area contributed by atoms with Crippen molar-refractivity contribution >= 4 is 0 Å². The number of nitrogens with zero attached hydrogens (tertiary/aromatic N) is 2. The lowest BCUT2D eigenvalue weighted by Gasteiger charge is -2.34. The van der Waals surface area contributed by atoms with E-state index >= 15 is 0 Å². The molecule has 0 aliphatic carbocycles. The third-order valence-corrected chi connectivity index (χ3v) is 3.46. The molecule has 2 rings (SSSR count). The van der Waals surface area contributed by atoms with E-state index in [1.54, 1.807) is 0 Å². The van der Waals surface area contributed by atoms with Gasteiger partial charge >= 0.3 is 0 Å². The van der Waals surface area contributed by atoms with Gasteiger partial charge in [0.15, 0.2) is 0 Å². The summed E-state index contributed by atoms with van der Waals surface area (Å²) in [5.41, 5.74) is 1.34. The Hall–Kier alpha value is -1.33. The van der Waals surface area contributed by atoms with Crippen molar-refractivity contribution in [2.24, 2.45) is 0 Å². The van der Waals surface area contributed by atoms with Crippen LogP contribution in [0.5, 0.6) is 0 Å². The smallest absolute Gasteiger partial charge is 0.0606 e. The molecule has 1 aromatic heterocycles. The van der Waals surface area contributed by atoms with Gasteiger partial charge in [-0.05, 0) is 37.4 Å². The van der Waals surface area contributed by atoms with Gasteiger partial charge in [0.1, 0.15) is 0 Å². The van der Waals surface area contributed by atoms with E-state index in [9.17, 15) is 0 Å². The lowest BCUT2D eigenvalue weighted by molar-refractivity contribution is 0.169. The van der Waals surface area contributed by atoms with E-state index in [0.717, 1.165) is 19.4 Å². The molecule has 0 unspecified atom stereocenters. The highest BCUT2D eigenvalue weighted by Gasteiger charge is 2.22. The predicted molar refractivity (Wildman–Crippen MR) is 75.1 cm³/mol. The number of unbranched alkanes of at least 4 members (excludes halogenated alkanes) is 1. The van der Waals surface area contributed by atoms with Gasteiger partial charge in [-0.1, -0.05) is 25.3 Å². The minimum absolute atomic E-state index is 0.517. The molecular weight excluding hydrogens is 220 g/mol. The van der Waals surface area contributed by atoms with Crippen LogP contribution in [0, 0.1) is 11.8 Å². The van der Waals surface area contributed by atoms with E-state index in [2.05, 4.69) is 34.7 Å². The second-order valence-electron chi connectivity index (χ2n) is 4.87. The average Bonchev–Trinajstić information content (AvgIpc) is 2.45. The van der Waals surface area contributed by atoms with Crippen molar-refractivity contribution in [2.45, 2.75) is 45.1 Å². The zero-order valence-corrected chi connectivity index (χ0v) is 11.2. The highest BCUT2D eigenvalue weighted by atomic mass is 15.2. The summed E-state index contributed by atoms with van der Waals surface area (Å²) in [7, 11) is 0. The quantitative estimate of drug-likeness (QED) is 0.755. The third-order valence-electron chi connectivity index (χ3n) is 3.46. The summed E-state index contributed by atoms with van der Waals surface area (Å²) in [6, 6.07) is 4.74. The van der Waals surface area contributed by atoms with Gasteiger partial charge in [0, 0.05) is 24.9 Å². The van der Waals surface area contributed by atoms with Crippen LogP contribution in [0.1, 0.15) is 50.6 Å². The topological polar surface area (TPSA) is 16.1 Å². The van der Waals surface area contributed by atoms with E-state index in [1.165, 1.54) is 31.4 Å². The summed E-state index contributed by atoms with van der Waals surface area (Å²) in [6.07, 6.45) is 9.87. The van der Waals surface area contributed by atoms with Crippen LogP contribution in [-0.4, -0.2) is 23.0 Å². The van der Waals surface area contributed by atoms with Gasteiger partial charge in [0.2, 0.25) is 0 Å². The molecule has 1 aliphatic rings. The standard InChI is InChI=1S/C16H22N2/c1-2-3-4-6-12-18-13-7-5-10-16(18)15-9-8-11-17-14-15/h8-9,11,14,16H,2-3,5,7,10,12-13H2,1H3/t16-/m0/s1. The van der Waals surface area contributed by atoms with Crippen molar-refractivity contribution in [2.75, 3.05) is 13.1 Å². The zero-order chi connectivity index (χ0) is 12.6. The maximum absolute atomic E-state index is 4.24. The summed E-state index contributed by atoms with van der Waals surface area (Å²) in [5, 5.41) is 0. The molecule has 0 saturated carbocycles. The van der Waals surface area contributed by atoms with Gasteiger partial charge in [-0.15, -0.1) is 5.92 Å². The first-order valence-corrected chi connectivity index (χ1v) is 7.01. The molecule has 0 aromatic carbocycles. The summed E-state index contributed by atoms with van der Waals surface area (Å²) in [6.45, 7) is 4.24. The van der Waals surface area contributed by atoms with Crippen LogP contribution < -0.4 is 0 Å². The molecule has 2 heterocycles. The Morgan fingerprint density at radius 1 is 1.39 bits per heavy atom. The number of hydrogen-bond donors (Lipinski definition) is 0. The monoisotopic (exact) mass is 242 g/mol. The molecule has 0 spiro atoms. The highest BCUT2D eigenvalue weighted by molar-refractivity contribution is 5.15. The lowest BCUT2D eigenvalue weighted by atomic mass is 9.96. The molecular formula is C16H22N2. The molecule has 1 fully saturated rings. The molecule has 96 valence electrons. The molecule has 18 heavy (non-hydrogen) atoms. The van der Waals surface area contributed by atoms with Crippen LogP contribution >= 0.6 is 0 Å². The Kier molecular flexibility index (Phi) is 5.23. The van der Waals surface area contributed by atoms with Crippen molar-refractivity contribution in [3.05, 3.63) is 30.1 Å². The second kappa shape index (κ2) is 7.18. The second-order valence-corrected chi connectivity index (χ2v) is 4.87. The van der Waals surface area contributed by atoms with Crippen LogP contribution in [0.25, 0.3) is 0 Å². The van der Waals surface area contributed by atoms with Crippen molar-refractivity contribution < 1.29 is 0 Å². The third kappa shape index (κ3) is 3.58. The first kappa shape index (κ1) is 13.1. The first-order chi connectivity index (χ1) is 8.92. The first-order valence-electron chi connectivity index (χ1n) is 7.01. The average molecular weight is 242 g/mol. The molecule has 2 heteroatoms. The Labute approximate surface area is 110 Å². The Balaban J connectivity index is 2.01. The maximum atomic E-state index is 4.24. The lowest BCUT2D eigenvalue weighted by Crippen LogP contribution is -2.33. The summed E-state index contributed by atoms with van der Waals surface area (Å²) < 4.78 is 0. The number of rotatable bonds is 3. The normalized spacial score (nSPS) is 20.2. The fraction of sp³-hybridized carbons (Fsp3) is 0.562. The predicted octanol–water partition coefficient (Wildman–Crippen LogP) is 3.41. The molecule has 0 amide bonds. The van der Waals surface area contributed by atoms with E-state index in [1.807, 2.05) is 18.5 Å². The molecule has 1 aromatic rings. The van der Waals surface area contributed by atoms with Crippen molar-refractivity contribution in [3.8, 4) is 11.8 Å². The molecule has 2 nitrogen and oxygen atoms in total. The van der Waals surface area contributed by atoms with Crippen molar-refractivity contribution in [1.82, 2.24) is 9.88 Å². The molecule has 1 aliphatic heterocycles. The van der Waals surface area contributed by atoms with Crippen LogP contribution in [0.3, 0.4) is 0 Å². The van der Waals surface area contributed by atoms with Crippen LogP contribution in [0.4, 0.5) is 0 Å². The van der Waals surface area contributed by atoms with Crippen LogP contribution in [0.2, 0.25) is 0 Å². The van der Waals surface area contributed by atoms with Gasteiger partial charge in [0.05, 0.1) is 6.54 Å². The molecule has 0 bridgehead atoms. The van der Waals surface area contributed by atoms with Gasteiger partial charge in [-0.3, -0.25) is 9.88 Å². The fourth-order valence-electron chi connectivity index (χ4n) is 2.50. The minimum atomic E-state index is 0.517. The van der Waals surface area contributed by atoms with Gasteiger partial charge < -0.3 is 0 Å².